The Morgan fingerprint density at radius 1 is 1.12 bits per heavy atom. The van der Waals surface area contributed by atoms with Crippen molar-refractivity contribution in [2.24, 2.45) is 0 Å². The average Bonchev–Trinajstić information content (AvgIpc) is 2.87. The van der Waals surface area contributed by atoms with E-state index in [1.54, 1.807) is 12.1 Å². The fourth-order valence-corrected chi connectivity index (χ4v) is 4.40. The third kappa shape index (κ3) is 3.95. The smallest absolute Gasteiger partial charge is 0.240 e. The minimum Gasteiger partial charge on any atom is -0.399 e. The number of benzene rings is 2. The first-order chi connectivity index (χ1) is 11.4. The number of anilines is 1. The predicted molar refractivity (Wildman–Crippen MR) is 95.9 cm³/mol. The number of nitrogens with zero attached hydrogens (tertiary/aromatic N) is 1. The molecule has 24 heavy (non-hydrogen) atoms. The number of nitrogen functional groups attached to an aromatic ring is 1. The minimum absolute atomic E-state index is 0.0775. The zero-order chi connectivity index (χ0) is 17.2. The SMILES string of the molecule is C[C@H]1C[C@@H](NS(=O)(=O)c2ccc(N)cc2)CN1Cc1ccccc1. The van der Waals surface area contributed by atoms with Gasteiger partial charge in [0.1, 0.15) is 0 Å². The summed E-state index contributed by atoms with van der Waals surface area (Å²) >= 11 is 0. The van der Waals surface area contributed by atoms with Crippen LogP contribution in [0.5, 0.6) is 0 Å². The van der Waals surface area contributed by atoms with E-state index in [1.807, 2.05) is 18.2 Å². The van der Waals surface area contributed by atoms with Crippen molar-refractivity contribution >= 4 is 15.7 Å². The molecule has 0 radical (unpaired) electrons. The van der Waals surface area contributed by atoms with Crippen LogP contribution in [-0.2, 0) is 16.6 Å². The molecule has 0 amide bonds. The van der Waals surface area contributed by atoms with Gasteiger partial charge < -0.3 is 5.73 Å². The number of hydrogen-bond acceptors (Lipinski definition) is 4. The van der Waals surface area contributed by atoms with Gasteiger partial charge in [0.15, 0.2) is 0 Å². The summed E-state index contributed by atoms with van der Waals surface area (Å²) in [5.41, 5.74) is 7.42. The molecule has 1 aliphatic heterocycles. The molecule has 5 nitrogen and oxygen atoms in total. The summed E-state index contributed by atoms with van der Waals surface area (Å²) in [6.45, 7) is 3.69. The van der Waals surface area contributed by atoms with Gasteiger partial charge >= 0.3 is 0 Å². The van der Waals surface area contributed by atoms with Crippen molar-refractivity contribution in [3.05, 3.63) is 60.2 Å². The Kier molecular flexibility index (Phi) is 4.89. The third-order valence-electron chi connectivity index (χ3n) is 4.44. The lowest BCUT2D eigenvalue weighted by molar-refractivity contribution is 0.258. The van der Waals surface area contributed by atoms with Crippen molar-refractivity contribution in [2.45, 2.75) is 36.9 Å². The van der Waals surface area contributed by atoms with Gasteiger partial charge in [-0.1, -0.05) is 30.3 Å². The number of likely N-dealkylation sites (tertiary alicyclic amines) is 1. The van der Waals surface area contributed by atoms with Gasteiger partial charge in [-0.25, -0.2) is 13.1 Å². The van der Waals surface area contributed by atoms with Crippen molar-refractivity contribution in [3.63, 3.8) is 0 Å². The van der Waals surface area contributed by atoms with Gasteiger partial charge in [0.05, 0.1) is 4.90 Å². The van der Waals surface area contributed by atoms with E-state index in [9.17, 15) is 8.42 Å². The summed E-state index contributed by atoms with van der Waals surface area (Å²) in [6, 6.07) is 16.8. The van der Waals surface area contributed by atoms with E-state index < -0.39 is 10.0 Å². The molecule has 3 N–H and O–H groups in total. The first kappa shape index (κ1) is 17.0. The van der Waals surface area contributed by atoms with Crippen LogP contribution in [0, 0.1) is 0 Å². The van der Waals surface area contributed by atoms with Gasteiger partial charge in [-0.3, -0.25) is 4.90 Å². The summed E-state index contributed by atoms with van der Waals surface area (Å²) in [5.74, 6) is 0. The van der Waals surface area contributed by atoms with Crippen molar-refractivity contribution in [1.82, 2.24) is 9.62 Å². The van der Waals surface area contributed by atoms with Crippen LogP contribution in [0.1, 0.15) is 18.9 Å². The summed E-state index contributed by atoms with van der Waals surface area (Å²) in [5, 5.41) is 0. The molecule has 6 heteroatoms. The van der Waals surface area contributed by atoms with Crippen LogP contribution >= 0.6 is 0 Å². The molecular weight excluding hydrogens is 322 g/mol. The maximum atomic E-state index is 12.5. The second-order valence-electron chi connectivity index (χ2n) is 6.39. The second kappa shape index (κ2) is 6.93. The molecule has 0 aliphatic carbocycles. The van der Waals surface area contributed by atoms with Crippen LogP contribution in [0.3, 0.4) is 0 Å². The van der Waals surface area contributed by atoms with Crippen LogP contribution in [0.25, 0.3) is 0 Å². The van der Waals surface area contributed by atoms with E-state index >= 15 is 0 Å². The largest absolute Gasteiger partial charge is 0.399 e. The van der Waals surface area contributed by atoms with Crippen LogP contribution < -0.4 is 10.5 Å². The van der Waals surface area contributed by atoms with Crippen LogP contribution in [0.2, 0.25) is 0 Å². The first-order valence-corrected chi connectivity index (χ1v) is 9.58. The number of nitrogens with one attached hydrogen (secondary N) is 1. The lowest BCUT2D eigenvalue weighted by atomic mass is 10.2. The van der Waals surface area contributed by atoms with Crippen molar-refractivity contribution in [2.75, 3.05) is 12.3 Å². The van der Waals surface area contributed by atoms with Crippen LogP contribution in [0.4, 0.5) is 5.69 Å². The highest BCUT2D eigenvalue weighted by atomic mass is 32.2. The lowest BCUT2D eigenvalue weighted by Crippen LogP contribution is -2.37. The summed E-state index contributed by atoms with van der Waals surface area (Å²) in [4.78, 5) is 2.57. The van der Waals surface area contributed by atoms with E-state index in [-0.39, 0.29) is 10.9 Å². The van der Waals surface area contributed by atoms with Gasteiger partial charge in [0, 0.05) is 30.9 Å². The highest BCUT2D eigenvalue weighted by molar-refractivity contribution is 7.89. The van der Waals surface area contributed by atoms with E-state index in [0.29, 0.717) is 18.3 Å². The summed E-state index contributed by atoms with van der Waals surface area (Å²) in [6.07, 6.45) is 0.807. The zero-order valence-corrected chi connectivity index (χ0v) is 14.5. The molecule has 1 aliphatic rings. The summed E-state index contributed by atoms with van der Waals surface area (Å²) < 4.78 is 27.8. The predicted octanol–water partition coefficient (Wildman–Crippen LogP) is 2.21. The third-order valence-corrected chi connectivity index (χ3v) is 5.98. The standard InChI is InChI=1S/C18H23N3O2S/c1-14-11-17(13-21(14)12-15-5-3-2-4-6-15)20-24(22,23)18-9-7-16(19)8-10-18/h2-10,14,17,20H,11-13,19H2,1H3/t14-,17+/m0/s1. The number of rotatable bonds is 5. The molecule has 3 rings (SSSR count). The van der Waals surface area contributed by atoms with Crippen molar-refractivity contribution in [3.8, 4) is 0 Å². The molecular formula is C18H23N3O2S. The zero-order valence-electron chi connectivity index (χ0n) is 13.7. The molecule has 1 heterocycles. The minimum atomic E-state index is -3.51. The van der Waals surface area contributed by atoms with E-state index in [0.717, 1.165) is 13.0 Å². The normalized spacial score (nSPS) is 21.9. The van der Waals surface area contributed by atoms with E-state index in [2.05, 4.69) is 28.7 Å². The lowest BCUT2D eigenvalue weighted by Gasteiger charge is -2.20. The molecule has 1 fully saturated rings. The van der Waals surface area contributed by atoms with E-state index in [1.165, 1.54) is 17.7 Å². The molecule has 1 saturated heterocycles. The molecule has 0 spiro atoms. The molecule has 0 unspecified atom stereocenters. The van der Waals surface area contributed by atoms with Gasteiger partial charge in [0.2, 0.25) is 10.0 Å². The molecule has 2 atom stereocenters. The Hall–Kier alpha value is -1.89. The Morgan fingerprint density at radius 3 is 2.46 bits per heavy atom. The molecule has 2 aromatic rings. The van der Waals surface area contributed by atoms with E-state index in [4.69, 9.17) is 5.73 Å². The average molecular weight is 345 g/mol. The number of sulfonamides is 1. The van der Waals surface area contributed by atoms with Crippen LogP contribution in [0.15, 0.2) is 59.5 Å². The Labute approximate surface area is 143 Å². The Balaban J connectivity index is 1.65. The quantitative estimate of drug-likeness (QED) is 0.815. The monoisotopic (exact) mass is 345 g/mol. The maximum absolute atomic E-state index is 12.5. The maximum Gasteiger partial charge on any atom is 0.240 e. The van der Waals surface area contributed by atoms with Crippen LogP contribution in [-0.4, -0.2) is 31.9 Å². The Bertz CT molecular complexity index is 776. The Morgan fingerprint density at radius 2 is 1.79 bits per heavy atom. The van der Waals surface area contributed by atoms with Gasteiger partial charge in [0.25, 0.3) is 0 Å². The fraction of sp³-hybridized carbons (Fsp3) is 0.333. The van der Waals surface area contributed by atoms with Gasteiger partial charge in [-0.15, -0.1) is 0 Å². The molecule has 128 valence electrons. The van der Waals surface area contributed by atoms with Gasteiger partial charge in [-0.05, 0) is 43.2 Å². The van der Waals surface area contributed by atoms with Crippen molar-refractivity contribution < 1.29 is 8.42 Å². The number of hydrogen-bond donors (Lipinski definition) is 2. The molecule has 0 bridgehead atoms. The number of nitrogens with two attached hydrogens (primary N) is 1. The van der Waals surface area contributed by atoms with Crippen molar-refractivity contribution in [1.29, 1.82) is 0 Å². The molecule has 0 saturated carbocycles. The highest BCUT2D eigenvalue weighted by Gasteiger charge is 2.32. The molecule has 2 aromatic carbocycles. The topological polar surface area (TPSA) is 75.4 Å². The first-order valence-electron chi connectivity index (χ1n) is 8.10. The second-order valence-corrected chi connectivity index (χ2v) is 8.10. The highest BCUT2D eigenvalue weighted by Crippen LogP contribution is 2.22. The van der Waals surface area contributed by atoms with Gasteiger partial charge in [-0.2, -0.15) is 0 Å². The fourth-order valence-electron chi connectivity index (χ4n) is 3.16. The summed E-state index contributed by atoms with van der Waals surface area (Å²) in [7, 11) is -3.51. The molecule has 0 aromatic heterocycles.